The molecular weight excluding hydrogens is 243 g/mol. The van der Waals surface area contributed by atoms with Crippen molar-refractivity contribution in [2.75, 3.05) is 5.17 Å². The second-order valence-corrected chi connectivity index (χ2v) is 5.21. The number of fused-ring (bicyclic) bond motifs is 1. The fourth-order valence-electron chi connectivity index (χ4n) is 2.07. The van der Waals surface area contributed by atoms with E-state index >= 15 is 0 Å². The molecule has 0 N–H and O–H groups in total. The van der Waals surface area contributed by atoms with Crippen molar-refractivity contribution in [2.24, 2.45) is 0 Å². The van der Waals surface area contributed by atoms with Crippen molar-refractivity contribution in [3.8, 4) is 0 Å². The minimum atomic E-state index is -3.32. The molecule has 3 aliphatic rings. The van der Waals surface area contributed by atoms with Gasteiger partial charge in [0.15, 0.2) is 0 Å². The molecule has 0 atom stereocenters. The molecule has 2 bridgehead atoms. The average Bonchev–Trinajstić information content (AvgIpc) is 2.80. The SMILES string of the molecule is CCc1cccc(N2OP3(=O)ON2O3)c1CC. The standard InChI is InChI=1S/C10H13N2O4P/c1-3-8-6-5-7-10(9(8)4-2)11-12-15-17(13,14-11)16-12/h5-7H,3-4H2,1-2H3. The summed E-state index contributed by atoms with van der Waals surface area (Å²) in [6.07, 6.45) is 1.79. The van der Waals surface area contributed by atoms with Gasteiger partial charge in [-0.25, -0.2) is 4.57 Å². The molecule has 0 unspecified atom stereocenters. The van der Waals surface area contributed by atoms with Crippen LogP contribution in [0.5, 0.6) is 0 Å². The fourth-order valence-corrected chi connectivity index (χ4v) is 2.95. The Morgan fingerprint density at radius 1 is 1.18 bits per heavy atom. The highest BCUT2D eigenvalue weighted by Gasteiger charge is 2.60. The van der Waals surface area contributed by atoms with E-state index in [0.29, 0.717) is 0 Å². The van der Waals surface area contributed by atoms with Crippen molar-refractivity contribution in [2.45, 2.75) is 26.7 Å². The molecule has 17 heavy (non-hydrogen) atoms. The van der Waals surface area contributed by atoms with Crippen LogP contribution in [0.4, 0.5) is 5.69 Å². The van der Waals surface area contributed by atoms with Gasteiger partial charge in [0.1, 0.15) is 0 Å². The number of phosphoric acid groups is 1. The Morgan fingerprint density at radius 3 is 2.47 bits per heavy atom. The number of anilines is 1. The van der Waals surface area contributed by atoms with Crippen LogP contribution in [0.3, 0.4) is 0 Å². The molecule has 92 valence electrons. The van der Waals surface area contributed by atoms with Gasteiger partial charge in [0.2, 0.25) is 0 Å². The fraction of sp³-hybridized carbons (Fsp3) is 0.400. The Hall–Kier alpha value is -0.910. The van der Waals surface area contributed by atoms with Gasteiger partial charge in [-0.3, -0.25) is 0 Å². The van der Waals surface area contributed by atoms with E-state index in [1.165, 1.54) is 10.7 Å². The topological polar surface area (TPSA) is 51.2 Å². The van der Waals surface area contributed by atoms with Crippen LogP contribution < -0.4 is 5.17 Å². The number of nitrogens with zero attached hydrogens (tertiary/aromatic N) is 2. The number of hydrazine groups is 1. The van der Waals surface area contributed by atoms with E-state index < -0.39 is 7.82 Å². The molecular formula is C10H13N2O4P. The first-order valence-corrected chi connectivity index (χ1v) is 7.03. The number of aryl methyl sites for hydroxylation is 1. The zero-order chi connectivity index (χ0) is 12.0. The second kappa shape index (κ2) is 3.80. The summed E-state index contributed by atoms with van der Waals surface area (Å²) in [4.78, 5) is 0. The van der Waals surface area contributed by atoms with Crippen LogP contribution in [-0.2, 0) is 31.3 Å². The normalized spacial score (nSPS) is 30.5. The summed E-state index contributed by atoms with van der Waals surface area (Å²) in [7, 11) is -3.32. The minimum Gasteiger partial charge on any atom is -0.222 e. The van der Waals surface area contributed by atoms with Gasteiger partial charge in [-0.05, 0) is 30.0 Å². The van der Waals surface area contributed by atoms with Gasteiger partial charge in [-0.15, -0.1) is 19.0 Å². The third kappa shape index (κ3) is 1.61. The Balaban J connectivity index is 2.01. The van der Waals surface area contributed by atoms with E-state index in [9.17, 15) is 4.57 Å². The van der Waals surface area contributed by atoms with E-state index in [2.05, 4.69) is 19.9 Å². The third-order valence-electron chi connectivity index (χ3n) is 2.85. The van der Waals surface area contributed by atoms with E-state index in [0.717, 1.165) is 29.4 Å². The highest BCUT2D eigenvalue weighted by atomic mass is 31.2. The quantitative estimate of drug-likeness (QED) is 0.775. The Bertz CT molecular complexity index is 497. The molecule has 4 rings (SSSR count). The molecule has 0 radical (unpaired) electrons. The van der Waals surface area contributed by atoms with Crippen LogP contribution in [0.15, 0.2) is 18.2 Å². The van der Waals surface area contributed by atoms with Crippen LogP contribution in [0, 0.1) is 0 Å². The summed E-state index contributed by atoms with van der Waals surface area (Å²) in [5.74, 6) is 0. The van der Waals surface area contributed by atoms with E-state index in [1.807, 2.05) is 12.1 Å². The van der Waals surface area contributed by atoms with Gasteiger partial charge in [-0.1, -0.05) is 26.0 Å². The lowest BCUT2D eigenvalue weighted by atomic mass is 10.0. The highest BCUT2D eigenvalue weighted by molar-refractivity contribution is 7.49. The Kier molecular flexibility index (Phi) is 2.50. The van der Waals surface area contributed by atoms with Crippen molar-refractivity contribution in [1.29, 1.82) is 0 Å². The summed E-state index contributed by atoms with van der Waals surface area (Å²) < 4.78 is 26.3. The second-order valence-electron chi connectivity index (χ2n) is 3.82. The predicted octanol–water partition coefficient (Wildman–Crippen LogP) is 2.76. The van der Waals surface area contributed by atoms with Crippen molar-refractivity contribution in [1.82, 2.24) is 5.34 Å². The maximum Gasteiger partial charge on any atom is 0.538 e. The molecule has 7 heteroatoms. The van der Waals surface area contributed by atoms with Crippen LogP contribution in [0.2, 0.25) is 0 Å². The van der Waals surface area contributed by atoms with Gasteiger partial charge in [0, 0.05) is 0 Å². The molecule has 0 saturated carbocycles. The molecule has 1 aromatic carbocycles. The van der Waals surface area contributed by atoms with Crippen LogP contribution >= 0.6 is 7.82 Å². The Labute approximate surface area is 99.1 Å². The van der Waals surface area contributed by atoms with Crippen LogP contribution in [0.25, 0.3) is 0 Å². The minimum absolute atomic E-state index is 0.807. The smallest absolute Gasteiger partial charge is 0.222 e. The molecule has 0 aliphatic carbocycles. The van der Waals surface area contributed by atoms with Crippen LogP contribution in [-0.4, -0.2) is 5.34 Å². The lowest BCUT2D eigenvalue weighted by Crippen LogP contribution is -2.35. The summed E-state index contributed by atoms with van der Waals surface area (Å²) in [5, 5.41) is 2.31. The first kappa shape index (κ1) is 11.2. The largest absolute Gasteiger partial charge is 0.538 e. The zero-order valence-electron chi connectivity index (χ0n) is 9.62. The van der Waals surface area contributed by atoms with E-state index in [4.69, 9.17) is 13.9 Å². The summed E-state index contributed by atoms with van der Waals surface area (Å²) in [5.41, 5.74) is 3.18. The predicted molar refractivity (Wildman–Crippen MR) is 60.4 cm³/mol. The maximum atomic E-state index is 11.5. The number of rotatable bonds is 3. The van der Waals surface area contributed by atoms with Crippen molar-refractivity contribution in [3.63, 3.8) is 0 Å². The molecule has 0 aromatic heterocycles. The lowest BCUT2D eigenvalue weighted by Gasteiger charge is -2.23. The van der Waals surface area contributed by atoms with Gasteiger partial charge in [0.05, 0.1) is 11.0 Å². The summed E-state index contributed by atoms with van der Waals surface area (Å²) in [6, 6.07) is 5.89. The van der Waals surface area contributed by atoms with Crippen molar-refractivity contribution in [3.05, 3.63) is 29.3 Å². The molecule has 1 aromatic rings. The molecule has 6 nitrogen and oxygen atoms in total. The van der Waals surface area contributed by atoms with Crippen LogP contribution in [0.1, 0.15) is 25.0 Å². The van der Waals surface area contributed by atoms with E-state index in [-0.39, 0.29) is 0 Å². The first-order chi connectivity index (χ1) is 8.17. The van der Waals surface area contributed by atoms with Crippen molar-refractivity contribution >= 4 is 13.5 Å². The molecule has 3 heterocycles. The third-order valence-corrected chi connectivity index (χ3v) is 3.89. The molecule has 3 fully saturated rings. The number of hydrogen-bond acceptors (Lipinski definition) is 6. The molecule has 3 saturated heterocycles. The van der Waals surface area contributed by atoms with Gasteiger partial charge < -0.3 is 0 Å². The summed E-state index contributed by atoms with van der Waals surface area (Å²) >= 11 is 0. The highest BCUT2D eigenvalue weighted by Crippen LogP contribution is 2.67. The first-order valence-electron chi connectivity index (χ1n) is 5.57. The number of hydrogen-bond donors (Lipinski definition) is 0. The van der Waals surface area contributed by atoms with Gasteiger partial charge >= 0.3 is 7.82 Å². The number of benzene rings is 1. The maximum absolute atomic E-state index is 11.5. The monoisotopic (exact) mass is 256 g/mol. The van der Waals surface area contributed by atoms with Crippen molar-refractivity contribution < 1.29 is 18.4 Å². The molecule has 0 spiro atoms. The van der Waals surface area contributed by atoms with Gasteiger partial charge in [0.25, 0.3) is 0 Å². The Morgan fingerprint density at radius 2 is 1.94 bits per heavy atom. The molecule has 3 aliphatic heterocycles. The summed E-state index contributed by atoms with van der Waals surface area (Å²) in [6.45, 7) is 4.16. The average molecular weight is 256 g/mol. The van der Waals surface area contributed by atoms with Gasteiger partial charge in [-0.2, -0.15) is 0 Å². The zero-order valence-corrected chi connectivity index (χ0v) is 10.5. The lowest BCUT2D eigenvalue weighted by molar-refractivity contribution is -0.318. The molecule has 0 amide bonds. The van der Waals surface area contributed by atoms with E-state index in [1.54, 1.807) is 0 Å².